The third kappa shape index (κ3) is 2.78. The third-order valence-electron chi connectivity index (χ3n) is 5.64. The molecule has 5 rings (SSSR count). The number of nitrogens with one attached hydrogen (secondary N) is 1. The van der Waals surface area contributed by atoms with Gasteiger partial charge in [-0.25, -0.2) is 4.98 Å². The molecule has 0 fully saturated rings. The fourth-order valence-electron chi connectivity index (χ4n) is 4.00. The lowest BCUT2D eigenvalue weighted by Gasteiger charge is -2.24. The van der Waals surface area contributed by atoms with E-state index < -0.39 is 12.1 Å². The highest BCUT2D eigenvalue weighted by molar-refractivity contribution is 7.18. The molecule has 1 amide bonds. The minimum Gasteiger partial charge on any atom is -0.479 e. The molecule has 0 spiro atoms. The van der Waals surface area contributed by atoms with Crippen LogP contribution in [0.1, 0.15) is 47.1 Å². The summed E-state index contributed by atoms with van der Waals surface area (Å²) in [6, 6.07) is 4.20. The van der Waals surface area contributed by atoms with Gasteiger partial charge in [0.2, 0.25) is 0 Å². The molecule has 1 N–H and O–H groups in total. The summed E-state index contributed by atoms with van der Waals surface area (Å²) in [5, 5.41) is 3.41. The third-order valence-corrected chi connectivity index (χ3v) is 6.84. The van der Waals surface area contributed by atoms with Gasteiger partial charge in [0.05, 0.1) is 23.4 Å². The van der Waals surface area contributed by atoms with Crippen LogP contribution in [0.3, 0.4) is 0 Å². The van der Waals surface area contributed by atoms with E-state index in [-0.39, 0.29) is 17.2 Å². The molecule has 2 atom stereocenters. The minimum absolute atomic E-state index is 0.168. The fourth-order valence-corrected chi connectivity index (χ4v) is 5.22. The zero-order valence-corrected chi connectivity index (χ0v) is 16.8. The Morgan fingerprint density at radius 2 is 2.17 bits per heavy atom. The highest BCUT2D eigenvalue weighted by Gasteiger charge is 2.27. The van der Waals surface area contributed by atoms with E-state index in [2.05, 4.69) is 10.3 Å². The van der Waals surface area contributed by atoms with Crippen LogP contribution in [0.5, 0.6) is 5.75 Å². The standard InChI is InChI=1S/C21H19N3O4S/c1-10(18(25)12-6-7-15-14(8-12)23-19(26)11(2)28-15)24-9-22-20-17(21(24)27)13-4-3-5-16(13)29-20/h6-11H,3-5H2,1-2H3,(H,23,26). The Hall–Kier alpha value is -3.00. The van der Waals surface area contributed by atoms with Crippen molar-refractivity contribution in [3.63, 3.8) is 0 Å². The second-order valence-electron chi connectivity index (χ2n) is 7.49. The van der Waals surface area contributed by atoms with Crippen LogP contribution in [0.2, 0.25) is 0 Å². The topological polar surface area (TPSA) is 90.3 Å². The second-order valence-corrected chi connectivity index (χ2v) is 8.58. The first-order chi connectivity index (χ1) is 13.9. The van der Waals surface area contributed by atoms with E-state index >= 15 is 0 Å². The normalized spacial score (nSPS) is 18.7. The number of ether oxygens (including phenoxy) is 1. The van der Waals surface area contributed by atoms with E-state index in [1.807, 2.05) is 0 Å². The number of Topliss-reactive ketones (excluding diaryl/α,β-unsaturated/α-hetero) is 1. The summed E-state index contributed by atoms with van der Waals surface area (Å²) in [5.41, 5.74) is 1.79. The molecule has 7 nitrogen and oxygen atoms in total. The zero-order valence-electron chi connectivity index (χ0n) is 16.0. The maximum absolute atomic E-state index is 13.1. The number of nitrogens with zero attached hydrogens (tertiary/aromatic N) is 2. The van der Waals surface area contributed by atoms with Gasteiger partial charge < -0.3 is 10.1 Å². The van der Waals surface area contributed by atoms with E-state index in [9.17, 15) is 14.4 Å². The quantitative estimate of drug-likeness (QED) is 0.672. The van der Waals surface area contributed by atoms with Crippen molar-refractivity contribution in [3.8, 4) is 5.75 Å². The number of aryl methyl sites for hydroxylation is 2. The van der Waals surface area contributed by atoms with Crippen LogP contribution in [-0.2, 0) is 17.6 Å². The molecule has 0 saturated heterocycles. The predicted molar refractivity (Wildman–Crippen MR) is 110 cm³/mol. The van der Waals surface area contributed by atoms with Gasteiger partial charge in [-0.2, -0.15) is 0 Å². The average Bonchev–Trinajstić information content (AvgIpc) is 3.29. The SMILES string of the molecule is CC1Oc2ccc(C(=O)C(C)n3cnc4sc5c(c4c3=O)CCC5)cc2NC1=O. The molecule has 1 aliphatic heterocycles. The van der Waals surface area contributed by atoms with Crippen molar-refractivity contribution in [2.75, 3.05) is 5.32 Å². The maximum atomic E-state index is 13.1. The molecule has 0 radical (unpaired) electrons. The fraction of sp³-hybridized carbons (Fsp3) is 0.333. The molecular weight excluding hydrogens is 390 g/mol. The predicted octanol–water partition coefficient (Wildman–Crippen LogP) is 3.11. The van der Waals surface area contributed by atoms with Crippen molar-refractivity contribution >= 4 is 38.9 Å². The van der Waals surface area contributed by atoms with Gasteiger partial charge in [0.15, 0.2) is 11.9 Å². The van der Waals surface area contributed by atoms with Gasteiger partial charge in [0.1, 0.15) is 10.6 Å². The van der Waals surface area contributed by atoms with E-state index in [4.69, 9.17) is 4.74 Å². The molecule has 2 aromatic heterocycles. The van der Waals surface area contributed by atoms with Crippen molar-refractivity contribution in [3.05, 3.63) is 50.9 Å². The van der Waals surface area contributed by atoms with Crippen LogP contribution in [0, 0.1) is 0 Å². The minimum atomic E-state index is -0.714. The van der Waals surface area contributed by atoms with Gasteiger partial charge in [-0.05, 0) is 56.9 Å². The Morgan fingerprint density at radius 3 is 3.00 bits per heavy atom. The van der Waals surface area contributed by atoms with Crippen molar-refractivity contribution in [1.82, 2.24) is 9.55 Å². The molecule has 29 heavy (non-hydrogen) atoms. The lowest BCUT2D eigenvalue weighted by Crippen LogP contribution is -2.34. The van der Waals surface area contributed by atoms with Gasteiger partial charge in [-0.1, -0.05) is 0 Å². The van der Waals surface area contributed by atoms with Crippen LogP contribution >= 0.6 is 11.3 Å². The van der Waals surface area contributed by atoms with Gasteiger partial charge in [0, 0.05) is 10.4 Å². The number of thiophene rings is 1. The van der Waals surface area contributed by atoms with Crippen molar-refractivity contribution in [2.45, 2.75) is 45.3 Å². The summed E-state index contributed by atoms with van der Waals surface area (Å²) in [5.74, 6) is 0.0403. The summed E-state index contributed by atoms with van der Waals surface area (Å²) in [7, 11) is 0. The smallest absolute Gasteiger partial charge is 0.265 e. The Kier molecular flexibility index (Phi) is 4.06. The van der Waals surface area contributed by atoms with Gasteiger partial charge in [-0.3, -0.25) is 19.0 Å². The second kappa shape index (κ2) is 6.52. The van der Waals surface area contributed by atoms with E-state index in [1.165, 1.54) is 15.8 Å². The number of hydrogen-bond donors (Lipinski definition) is 1. The Balaban J connectivity index is 1.51. The summed E-state index contributed by atoms with van der Waals surface area (Å²) < 4.78 is 6.95. The van der Waals surface area contributed by atoms with Crippen molar-refractivity contribution in [1.29, 1.82) is 0 Å². The van der Waals surface area contributed by atoms with Crippen LogP contribution in [0.25, 0.3) is 10.2 Å². The summed E-state index contributed by atoms with van der Waals surface area (Å²) in [4.78, 5) is 44.5. The molecule has 1 aromatic carbocycles. The number of aromatic nitrogens is 2. The molecule has 2 aliphatic rings. The molecule has 1 aliphatic carbocycles. The Labute approximate surface area is 170 Å². The molecule has 0 saturated carbocycles. The van der Waals surface area contributed by atoms with Crippen LogP contribution in [0.15, 0.2) is 29.3 Å². The van der Waals surface area contributed by atoms with E-state index in [0.29, 0.717) is 22.4 Å². The van der Waals surface area contributed by atoms with Crippen LogP contribution in [-0.4, -0.2) is 27.3 Å². The van der Waals surface area contributed by atoms with Crippen molar-refractivity contribution in [2.24, 2.45) is 0 Å². The van der Waals surface area contributed by atoms with Crippen LogP contribution in [0.4, 0.5) is 5.69 Å². The maximum Gasteiger partial charge on any atom is 0.265 e. The first kappa shape index (κ1) is 18.1. The molecule has 8 heteroatoms. The summed E-state index contributed by atoms with van der Waals surface area (Å²) in [6.07, 6.45) is 3.82. The van der Waals surface area contributed by atoms with Crippen LogP contribution < -0.4 is 15.6 Å². The first-order valence-corrected chi connectivity index (χ1v) is 10.4. The Morgan fingerprint density at radius 1 is 1.34 bits per heavy atom. The molecule has 0 bridgehead atoms. The number of carbonyl (C=O) groups excluding carboxylic acids is 2. The van der Waals surface area contributed by atoms with Gasteiger partial charge in [0.25, 0.3) is 11.5 Å². The monoisotopic (exact) mass is 409 g/mol. The number of amides is 1. The molecule has 3 heterocycles. The zero-order chi connectivity index (χ0) is 20.3. The molecular formula is C21H19N3O4S. The molecule has 2 unspecified atom stereocenters. The molecule has 148 valence electrons. The highest BCUT2D eigenvalue weighted by atomic mass is 32.1. The van der Waals surface area contributed by atoms with E-state index in [1.54, 1.807) is 43.4 Å². The summed E-state index contributed by atoms with van der Waals surface area (Å²) >= 11 is 1.58. The number of ketones is 1. The number of anilines is 1. The number of rotatable bonds is 3. The highest BCUT2D eigenvalue weighted by Crippen LogP contribution is 2.35. The number of carbonyl (C=O) groups is 2. The average molecular weight is 409 g/mol. The van der Waals surface area contributed by atoms with Gasteiger partial charge >= 0.3 is 0 Å². The lowest BCUT2D eigenvalue weighted by molar-refractivity contribution is -0.122. The van der Waals surface area contributed by atoms with Gasteiger partial charge in [-0.15, -0.1) is 11.3 Å². The first-order valence-electron chi connectivity index (χ1n) is 9.61. The molecule has 3 aromatic rings. The number of fused-ring (bicyclic) bond motifs is 4. The summed E-state index contributed by atoms with van der Waals surface area (Å²) in [6.45, 7) is 3.36. The van der Waals surface area contributed by atoms with E-state index in [0.717, 1.165) is 29.7 Å². The Bertz CT molecular complexity index is 1240. The largest absolute Gasteiger partial charge is 0.479 e. The number of benzene rings is 1. The number of hydrogen-bond acceptors (Lipinski definition) is 6. The van der Waals surface area contributed by atoms with Crippen molar-refractivity contribution < 1.29 is 14.3 Å². The lowest BCUT2D eigenvalue weighted by atomic mass is 10.0.